The van der Waals surface area contributed by atoms with Gasteiger partial charge in [0.2, 0.25) is 0 Å². The monoisotopic (exact) mass is 333 g/mol. The Morgan fingerprint density at radius 1 is 1.39 bits per heavy atom. The number of rotatable bonds is 5. The van der Waals surface area contributed by atoms with E-state index >= 15 is 0 Å². The fourth-order valence-electron chi connectivity index (χ4n) is 3.41. The van der Waals surface area contributed by atoms with Gasteiger partial charge in [0.25, 0.3) is 0 Å². The summed E-state index contributed by atoms with van der Waals surface area (Å²) in [5.74, 6) is 2.62. The third-order valence-corrected chi connectivity index (χ3v) is 5.23. The van der Waals surface area contributed by atoms with E-state index in [-0.39, 0.29) is 0 Å². The van der Waals surface area contributed by atoms with Crippen LogP contribution in [0.1, 0.15) is 45.0 Å². The van der Waals surface area contributed by atoms with Gasteiger partial charge in [0, 0.05) is 19.7 Å². The number of aromatic nitrogens is 2. The van der Waals surface area contributed by atoms with Crippen LogP contribution >= 0.6 is 11.3 Å². The molecule has 1 saturated heterocycles. The number of hydrogen-bond acceptors (Lipinski definition) is 5. The van der Waals surface area contributed by atoms with E-state index in [1.165, 1.54) is 17.4 Å². The van der Waals surface area contributed by atoms with Gasteiger partial charge < -0.3 is 9.64 Å². The first-order valence-corrected chi connectivity index (χ1v) is 9.57. The lowest BCUT2D eigenvalue weighted by atomic mass is 10.0. The minimum atomic E-state index is 0.325. The van der Waals surface area contributed by atoms with Crippen LogP contribution in [0.4, 0.5) is 5.82 Å². The van der Waals surface area contributed by atoms with E-state index in [4.69, 9.17) is 9.72 Å². The first kappa shape index (κ1) is 16.7. The van der Waals surface area contributed by atoms with Gasteiger partial charge in [0.1, 0.15) is 16.5 Å². The molecule has 0 aromatic carbocycles. The Balaban J connectivity index is 1.99. The van der Waals surface area contributed by atoms with Crippen molar-refractivity contribution in [2.45, 2.75) is 53.1 Å². The first-order chi connectivity index (χ1) is 11.1. The van der Waals surface area contributed by atoms with Gasteiger partial charge in [-0.15, -0.1) is 11.3 Å². The third-order valence-electron chi connectivity index (χ3n) is 4.31. The van der Waals surface area contributed by atoms with E-state index in [9.17, 15) is 0 Å². The van der Waals surface area contributed by atoms with Gasteiger partial charge in [-0.3, -0.25) is 0 Å². The van der Waals surface area contributed by atoms with Crippen LogP contribution in [0.2, 0.25) is 0 Å². The van der Waals surface area contributed by atoms with Crippen molar-refractivity contribution in [3.8, 4) is 0 Å². The Labute approximate surface area is 142 Å². The van der Waals surface area contributed by atoms with Crippen molar-refractivity contribution in [1.82, 2.24) is 9.97 Å². The lowest BCUT2D eigenvalue weighted by Gasteiger charge is -2.34. The second-order valence-corrected chi connectivity index (χ2v) is 7.66. The Morgan fingerprint density at radius 2 is 2.22 bits per heavy atom. The van der Waals surface area contributed by atoms with Gasteiger partial charge in [0.05, 0.1) is 11.5 Å². The van der Waals surface area contributed by atoms with Gasteiger partial charge in [-0.05, 0) is 50.0 Å². The molecular formula is C18H27N3OS. The molecule has 4 nitrogen and oxygen atoms in total. The molecule has 0 amide bonds. The van der Waals surface area contributed by atoms with Gasteiger partial charge in [-0.25, -0.2) is 9.97 Å². The van der Waals surface area contributed by atoms with Gasteiger partial charge in [0.15, 0.2) is 0 Å². The van der Waals surface area contributed by atoms with Crippen molar-refractivity contribution in [3.05, 3.63) is 16.8 Å². The van der Waals surface area contributed by atoms with Crippen LogP contribution in [-0.4, -0.2) is 35.8 Å². The second-order valence-electron chi connectivity index (χ2n) is 6.80. The zero-order valence-corrected chi connectivity index (χ0v) is 15.4. The Morgan fingerprint density at radius 3 is 2.96 bits per heavy atom. The number of hydrogen-bond donors (Lipinski definition) is 0. The van der Waals surface area contributed by atoms with E-state index < -0.39 is 0 Å². The zero-order valence-electron chi connectivity index (χ0n) is 14.6. The molecule has 23 heavy (non-hydrogen) atoms. The fourth-order valence-corrected chi connectivity index (χ4v) is 4.40. The molecule has 2 aromatic rings. The molecule has 0 N–H and O–H groups in total. The maximum atomic E-state index is 5.87. The van der Waals surface area contributed by atoms with Crippen molar-refractivity contribution in [3.63, 3.8) is 0 Å². The number of aryl methyl sites for hydroxylation is 1. The predicted octanol–water partition coefficient (Wildman–Crippen LogP) is 4.20. The van der Waals surface area contributed by atoms with Crippen LogP contribution in [0, 0.1) is 12.8 Å². The summed E-state index contributed by atoms with van der Waals surface area (Å²) in [5.41, 5.74) is 1.40. The van der Waals surface area contributed by atoms with Crippen LogP contribution in [0.15, 0.2) is 5.38 Å². The molecule has 0 saturated carbocycles. The summed E-state index contributed by atoms with van der Waals surface area (Å²) in [6.45, 7) is 11.4. The Bertz CT molecular complexity index is 666. The fraction of sp³-hybridized carbons (Fsp3) is 0.667. The number of fused-ring (bicyclic) bond motifs is 1. The van der Waals surface area contributed by atoms with Crippen molar-refractivity contribution in [1.29, 1.82) is 0 Å². The lowest BCUT2D eigenvalue weighted by molar-refractivity contribution is 0.0525. The minimum Gasteiger partial charge on any atom is -0.377 e. The summed E-state index contributed by atoms with van der Waals surface area (Å²) in [7, 11) is 0. The molecule has 1 aliphatic heterocycles. The Kier molecular flexibility index (Phi) is 5.17. The van der Waals surface area contributed by atoms with E-state index in [0.29, 0.717) is 12.0 Å². The van der Waals surface area contributed by atoms with Gasteiger partial charge >= 0.3 is 0 Å². The number of nitrogens with zero attached hydrogens (tertiary/aromatic N) is 3. The van der Waals surface area contributed by atoms with Gasteiger partial charge in [-0.2, -0.15) is 0 Å². The molecule has 5 heteroatoms. The molecule has 0 aliphatic carbocycles. The molecule has 3 heterocycles. The van der Waals surface area contributed by atoms with Crippen molar-refractivity contribution in [2.75, 3.05) is 24.6 Å². The summed E-state index contributed by atoms with van der Waals surface area (Å²) in [6, 6.07) is 0. The molecule has 2 aromatic heterocycles. The summed E-state index contributed by atoms with van der Waals surface area (Å²) < 4.78 is 5.87. The highest BCUT2D eigenvalue weighted by atomic mass is 32.1. The van der Waals surface area contributed by atoms with Crippen molar-refractivity contribution >= 4 is 27.4 Å². The summed E-state index contributed by atoms with van der Waals surface area (Å²) >= 11 is 1.75. The van der Waals surface area contributed by atoms with Crippen molar-refractivity contribution in [2.24, 2.45) is 5.92 Å². The molecule has 1 fully saturated rings. The van der Waals surface area contributed by atoms with E-state index in [2.05, 4.69) is 36.0 Å². The molecule has 1 unspecified atom stereocenters. The van der Waals surface area contributed by atoms with E-state index in [1.807, 2.05) is 6.92 Å². The summed E-state index contributed by atoms with van der Waals surface area (Å²) in [4.78, 5) is 13.0. The first-order valence-electron chi connectivity index (χ1n) is 8.69. The quantitative estimate of drug-likeness (QED) is 0.822. The maximum absolute atomic E-state index is 5.87. The Hall–Kier alpha value is -1.20. The van der Waals surface area contributed by atoms with Crippen LogP contribution < -0.4 is 4.90 Å². The predicted molar refractivity (Wildman–Crippen MR) is 97.6 cm³/mol. The van der Waals surface area contributed by atoms with Crippen LogP contribution in [0.25, 0.3) is 10.2 Å². The maximum Gasteiger partial charge on any atom is 0.141 e. The smallest absolute Gasteiger partial charge is 0.141 e. The largest absolute Gasteiger partial charge is 0.377 e. The summed E-state index contributed by atoms with van der Waals surface area (Å²) in [6.07, 6.45) is 3.73. The molecule has 0 bridgehead atoms. The topological polar surface area (TPSA) is 38.2 Å². The van der Waals surface area contributed by atoms with Crippen LogP contribution in [-0.2, 0) is 11.2 Å². The molecular weight excluding hydrogens is 306 g/mol. The molecule has 0 radical (unpaired) electrons. The van der Waals surface area contributed by atoms with Crippen LogP contribution in [0.3, 0.4) is 0 Å². The normalized spacial score (nSPS) is 19.0. The number of ether oxygens (including phenoxy) is 1. The highest BCUT2D eigenvalue weighted by molar-refractivity contribution is 7.17. The van der Waals surface area contributed by atoms with E-state index in [0.717, 1.165) is 49.0 Å². The number of thiophene rings is 1. The average Bonchev–Trinajstić information content (AvgIpc) is 2.89. The molecule has 1 aliphatic rings. The molecule has 0 spiro atoms. The molecule has 1 atom stereocenters. The summed E-state index contributed by atoms with van der Waals surface area (Å²) in [5, 5.41) is 3.54. The van der Waals surface area contributed by atoms with Gasteiger partial charge in [-0.1, -0.05) is 13.8 Å². The number of anilines is 1. The number of piperidine rings is 1. The highest BCUT2D eigenvalue weighted by Crippen LogP contribution is 2.34. The third kappa shape index (κ3) is 3.66. The van der Waals surface area contributed by atoms with Crippen molar-refractivity contribution < 1.29 is 4.74 Å². The zero-order chi connectivity index (χ0) is 16.4. The minimum absolute atomic E-state index is 0.325. The van der Waals surface area contributed by atoms with E-state index in [1.54, 1.807) is 11.3 Å². The average molecular weight is 334 g/mol. The highest BCUT2D eigenvalue weighted by Gasteiger charge is 2.24. The molecule has 3 rings (SSSR count). The lowest BCUT2D eigenvalue weighted by Crippen LogP contribution is -2.40. The standard InChI is InChI=1S/C18H27N3OS/c1-5-22-15-7-6-8-21(10-15)17-16-14(9-12(2)3)11-23-18(16)20-13(4)19-17/h11-12,15H,5-10H2,1-4H3. The van der Waals surface area contributed by atoms with Crippen LogP contribution in [0.5, 0.6) is 0 Å². The molecule has 126 valence electrons. The SMILES string of the molecule is CCOC1CCCN(c2nc(C)nc3scc(CC(C)C)c23)C1. The second kappa shape index (κ2) is 7.14.